The smallest absolute Gasteiger partial charge is 0.248 e. The van der Waals surface area contributed by atoms with Crippen LogP contribution in [0.15, 0.2) is 24.3 Å². The summed E-state index contributed by atoms with van der Waals surface area (Å²) in [7, 11) is 0. The molecule has 0 aromatic heterocycles. The molecule has 0 spiro atoms. The van der Waals surface area contributed by atoms with Crippen LogP contribution in [0, 0.1) is 5.92 Å². The molecule has 3 aliphatic rings. The molecule has 4 rings (SSSR count). The highest BCUT2D eigenvalue weighted by Crippen LogP contribution is 2.27. The van der Waals surface area contributed by atoms with Crippen LogP contribution in [0.1, 0.15) is 51.5 Å². The summed E-state index contributed by atoms with van der Waals surface area (Å²) < 4.78 is 0. The van der Waals surface area contributed by atoms with Crippen molar-refractivity contribution in [3.8, 4) is 5.75 Å². The van der Waals surface area contributed by atoms with Gasteiger partial charge in [-0.15, -0.1) is 0 Å². The number of benzene rings is 1. The topological polar surface area (TPSA) is 391 Å². The first kappa shape index (κ1) is 49.2. The fraction of sp³-hybridized carbons (Fsp3) is 0.632. The monoisotopic (exact) mass is 880 g/mol. The number of nitrogens with two attached hydrogens (primary N) is 1. The molecule has 0 radical (unpaired) electrons. The van der Waals surface area contributed by atoms with Gasteiger partial charge in [0.2, 0.25) is 47.3 Å². The first-order valence-electron chi connectivity index (χ1n) is 20.0. The van der Waals surface area contributed by atoms with E-state index in [2.05, 4.69) is 21.3 Å². The maximum Gasteiger partial charge on any atom is 0.248 e. The third kappa shape index (κ3) is 12.1. The molecule has 0 saturated carbocycles. The molecule has 24 heteroatoms. The molecule has 13 unspecified atom stereocenters. The van der Waals surface area contributed by atoms with Crippen LogP contribution in [0.5, 0.6) is 5.75 Å². The number of carbonyl (C=O) groups is 8. The zero-order chi connectivity index (χ0) is 46.2. The van der Waals surface area contributed by atoms with Crippen molar-refractivity contribution < 1.29 is 79.2 Å². The van der Waals surface area contributed by atoms with E-state index in [4.69, 9.17) is 5.73 Å². The van der Waals surface area contributed by atoms with Gasteiger partial charge in [0.05, 0.1) is 37.4 Å². The van der Waals surface area contributed by atoms with Gasteiger partial charge in [-0.3, -0.25) is 38.4 Å². The molecule has 62 heavy (non-hydrogen) atoms. The summed E-state index contributed by atoms with van der Waals surface area (Å²) in [6, 6.07) is -6.03. The van der Waals surface area contributed by atoms with Gasteiger partial charge in [-0.05, 0) is 24.1 Å². The molecule has 3 saturated heterocycles. The van der Waals surface area contributed by atoms with Crippen molar-refractivity contribution in [3.05, 3.63) is 29.8 Å². The summed E-state index contributed by atoms with van der Waals surface area (Å²) in [4.78, 5) is 110. The summed E-state index contributed by atoms with van der Waals surface area (Å²) in [5, 5.41) is 97.4. The van der Waals surface area contributed by atoms with Crippen molar-refractivity contribution in [2.45, 2.75) is 125 Å². The van der Waals surface area contributed by atoms with E-state index in [1.54, 1.807) is 6.92 Å². The molecule has 344 valence electrons. The molecule has 13 atom stereocenters. The molecule has 3 heterocycles. The fourth-order valence-corrected chi connectivity index (χ4v) is 7.58. The van der Waals surface area contributed by atoms with Gasteiger partial charge in [0, 0.05) is 44.7 Å². The SMILES string of the molecule is CCCC(=O)NC1CC(O)C(O)NC(=O)C2C(O)C(C)CN2C(=O)C(C(O)CC(N)=O)NC(=O)C(C(O)Cc2ccc(O)cc2)NC(=O)C2CC(O)CN2C(=O)C(CO)NC1=O. The van der Waals surface area contributed by atoms with Crippen LogP contribution in [0.4, 0.5) is 0 Å². The average molecular weight is 881 g/mol. The van der Waals surface area contributed by atoms with Crippen molar-refractivity contribution >= 4 is 47.3 Å². The first-order valence-corrected chi connectivity index (χ1v) is 20.0. The van der Waals surface area contributed by atoms with Gasteiger partial charge in [0.15, 0.2) is 6.23 Å². The minimum Gasteiger partial charge on any atom is -0.508 e. The molecular weight excluding hydrogens is 824 g/mol. The zero-order valence-electron chi connectivity index (χ0n) is 34.0. The van der Waals surface area contributed by atoms with Crippen LogP contribution in [0.25, 0.3) is 0 Å². The Morgan fingerprint density at radius 1 is 0.823 bits per heavy atom. The van der Waals surface area contributed by atoms with Gasteiger partial charge >= 0.3 is 0 Å². The summed E-state index contributed by atoms with van der Waals surface area (Å²) in [6.45, 7) is 1.04. The maximum absolute atomic E-state index is 14.3. The van der Waals surface area contributed by atoms with Gasteiger partial charge in [0.1, 0.15) is 48.1 Å². The average Bonchev–Trinajstić information content (AvgIpc) is 3.75. The molecule has 3 fully saturated rings. The number of hydrogen-bond acceptors (Lipinski definition) is 16. The number of phenolic OH excluding ortho intramolecular Hbond substituents is 1. The lowest BCUT2D eigenvalue weighted by Crippen LogP contribution is -2.64. The van der Waals surface area contributed by atoms with E-state index in [1.165, 1.54) is 31.2 Å². The number of nitrogens with one attached hydrogen (secondary N) is 5. The van der Waals surface area contributed by atoms with E-state index in [0.717, 1.165) is 9.80 Å². The van der Waals surface area contributed by atoms with Crippen LogP contribution < -0.4 is 32.3 Å². The number of rotatable bonds is 10. The van der Waals surface area contributed by atoms with Gasteiger partial charge in [-0.1, -0.05) is 26.0 Å². The number of nitrogens with zero attached hydrogens (tertiary/aromatic N) is 2. The Hall–Kier alpha value is -5.50. The van der Waals surface area contributed by atoms with Crippen molar-refractivity contribution in [1.29, 1.82) is 0 Å². The fourth-order valence-electron chi connectivity index (χ4n) is 7.58. The van der Waals surface area contributed by atoms with E-state index in [9.17, 15) is 79.2 Å². The lowest BCUT2D eigenvalue weighted by molar-refractivity contribution is -0.148. The molecule has 3 aliphatic heterocycles. The number of hydrogen-bond donors (Lipinski definition) is 14. The molecule has 0 bridgehead atoms. The van der Waals surface area contributed by atoms with Crippen LogP contribution in [-0.2, 0) is 44.8 Å². The number of aromatic hydroxyl groups is 1. The Morgan fingerprint density at radius 3 is 2.08 bits per heavy atom. The van der Waals surface area contributed by atoms with Gasteiger partial charge in [0.25, 0.3) is 0 Å². The third-order valence-corrected chi connectivity index (χ3v) is 10.9. The zero-order valence-corrected chi connectivity index (χ0v) is 34.0. The number of carbonyl (C=O) groups excluding carboxylic acids is 8. The molecule has 1 aromatic carbocycles. The molecular formula is C38H56N8O16. The Balaban J connectivity index is 1.84. The van der Waals surface area contributed by atoms with E-state index < -0.39 is 172 Å². The largest absolute Gasteiger partial charge is 0.508 e. The second-order valence-electron chi connectivity index (χ2n) is 15.8. The number of fused-ring (bicyclic) bond motifs is 2. The predicted octanol–water partition coefficient (Wildman–Crippen LogP) is -7.37. The predicted molar refractivity (Wildman–Crippen MR) is 209 cm³/mol. The lowest BCUT2D eigenvalue weighted by atomic mass is 9.99. The van der Waals surface area contributed by atoms with Crippen molar-refractivity contribution in [1.82, 2.24) is 36.4 Å². The van der Waals surface area contributed by atoms with E-state index >= 15 is 0 Å². The molecule has 24 nitrogen and oxygen atoms in total. The first-order chi connectivity index (χ1) is 29.2. The van der Waals surface area contributed by atoms with Crippen LogP contribution in [0.3, 0.4) is 0 Å². The molecule has 8 amide bonds. The van der Waals surface area contributed by atoms with Gasteiger partial charge in [-0.25, -0.2) is 0 Å². The maximum atomic E-state index is 14.3. The van der Waals surface area contributed by atoms with Crippen molar-refractivity contribution in [2.24, 2.45) is 11.7 Å². The third-order valence-electron chi connectivity index (χ3n) is 10.9. The summed E-state index contributed by atoms with van der Waals surface area (Å²) in [6.07, 6.45) is -13.8. The van der Waals surface area contributed by atoms with Crippen molar-refractivity contribution in [3.63, 3.8) is 0 Å². The Bertz CT molecular complexity index is 1820. The summed E-state index contributed by atoms with van der Waals surface area (Å²) in [5.74, 6) is -10.3. The molecule has 1 aromatic rings. The highest BCUT2D eigenvalue weighted by Gasteiger charge is 2.50. The van der Waals surface area contributed by atoms with E-state index in [1.807, 2.05) is 5.32 Å². The number of primary amides is 1. The van der Waals surface area contributed by atoms with Crippen LogP contribution in [0.2, 0.25) is 0 Å². The minimum atomic E-state index is -2.25. The normalized spacial score (nSPS) is 31.7. The number of aliphatic hydroxyl groups is 7. The molecule has 15 N–H and O–H groups in total. The second kappa shape index (κ2) is 21.5. The van der Waals surface area contributed by atoms with E-state index in [0.29, 0.717) is 12.0 Å². The van der Waals surface area contributed by atoms with E-state index in [-0.39, 0.29) is 12.2 Å². The Morgan fingerprint density at radius 2 is 1.47 bits per heavy atom. The van der Waals surface area contributed by atoms with Gasteiger partial charge in [-0.2, -0.15) is 0 Å². The highest BCUT2D eigenvalue weighted by atomic mass is 16.3. The summed E-state index contributed by atoms with van der Waals surface area (Å²) >= 11 is 0. The summed E-state index contributed by atoms with van der Waals surface area (Å²) in [5.41, 5.74) is 5.62. The van der Waals surface area contributed by atoms with Crippen LogP contribution in [-0.4, -0.2) is 191 Å². The Labute approximate surface area is 354 Å². The van der Waals surface area contributed by atoms with Crippen molar-refractivity contribution in [2.75, 3.05) is 19.7 Å². The minimum absolute atomic E-state index is 0.108. The van der Waals surface area contributed by atoms with Gasteiger partial charge < -0.3 is 83.0 Å². The highest BCUT2D eigenvalue weighted by molar-refractivity contribution is 5.98. The number of phenols is 1. The number of amides is 8. The molecule has 0 aliphatic carbocycles. The second-order valence-corrected chi connectivity index (χ2v) is 15.8. The quantitative estimate of drug-likeness (QED) is 0.104. The standard InChI is InChI=1S/C38H56N8O16/c1-3-4-27(54)40-20-11-25(52)34(58)44-36(60)30-31(55)16(2)13-46(30)38(62)29(24(51)12-26(39)53)43-35(59)28(23(50)9-17-5-7-18(48)8-6-17)42-33(57)22-10-19(49)14-45(22)37(61)21(15-47)41-32(20)56/h5-8,16,19-25,28-31,34,47-52,55,58H,3-4,9-15H2,1-2H3,(H2,39,53)(H,40,54)(H,41,56)(H,42,57)(H,43,59)(H,44,60). The van der Waals surface area contributed by atoms with Crippen LogP contribution >= 0.6 is 0 Å². The lowest BCUT2D eigenvalue weighted by Gasteiger charge is -2.33. The number of aliphatic hydroxyl groups excluding tert-OH is 7. The Kier molecular flexibility index (Phi) is 17.1.